The number of hydrogen-bond donors (Lipinski definition) is 0. The Bertz CT molecular complexity index is 429. The first-order valence-corrected chi connectivity index (χ1v) is 5.81. The molecule has 0 N–H and O–H groups in total. The molecule has 1 saturated heterocycles. The first kappa shape index (κ1) is 12.8. The molecule has 6 nitrogen and oxygen atoms in total. The number of esters is 2. The van der Waals surface area contributed by atoms with Crippen molar-refractivity contribution in [3.63, 3.8) is 0 Å². The maximum absolute atomic E-state index is 12.0. The minimum atomic E-state index is -1.35. The Morgan fingerprint density at radius 3 is 2.78 bits per heavy atom. The van der Waals surface area contributed by atoms with Crippen LogP contribution in [0.1, 0.15) is 25.7 Å². The van der Waals surface area contributed by atoms with Gasteiger partial charge in [0.1, 0.15) is 0 Å². The van der Waals surface area contributed by atoms with Gasteiger partial charge in [-0.25, -0.2) is 0 Å². The molecule has 0 aromatic carbocycles. The van der Waals surface area contributed by atoms with Gasteiger partial charge in [0.2, 0.25) is 5.79 Å². The molecule has 6 heteroatoms. The lowest BCUT2D eigenvalue weighted by Gasteiger charge is -2.43. The standard InChI is InChI=1S/C12H15NO5/c1-16-10(15)11(7-13)4-3-5-12(17-2)8(11)6-9(14)18-12/h8H,3-6H2,1-2H3/t8-,11?,12+/m1/s1. The number of nitriles is 1. The number of carbonyl (C=O) groups excluding carboxylic acids is 2. The fourth-order valence-electron chi connectivity index (χ4n) is 3.08. The van der Waals surface area contributed by atoms with Gasteiger partial charge >= 0.3 is 11.9 Å². The Hall–Kier alpha value is -1.61. The third kappa shape index (κ3) is 1.51. The van der Waals surface area contributed by atoms with Crippen LogP contribution in [0, 0.1) is 22.7 Å². The minimum Gasteiger partial charge on any atom is -0.468 e. The number of carbonyl (C=O) groups is 2. The summed E-state index contributed by atoms with van der Waals surface area (Å²) in [4.78, 5) is 23.5. The summed E-state index contributed by atoms with van der Waals surface area (Å²) in [6.45, 7) is 0. The maximum atomic E-state index is 12.0. The van der Waals surface area contributed by atoms with Crippen molar-refractivity contribution in [3.05, 3.63) is 0 Å². The van der Waals surface area contributed by atoms with Gasteiger partial charge in [-0.15, -0.1) is 0 Å². The van der Waals surface area contributed by atoms with Crippen LogP contribution in [0.2, 0.25) is 0 Å². The molecule has 0 amide bonds. The molecule has 3 atom stereocenters. The highest BCUT2D eigenvalue weighted by Gasteiger charge is 2.65. The molecule has 1 saturated carbocycles. The largest absolute Gasteiger partial charge is 0.468 e. The predicted molar refractivity (Wildman–Crippen MR) is 57.9 cm³/mol. The molecule has 2 rings (SSSR count). The number of methoxy groups -OCH3 is 2. The molecule has 0 bridgehead atoms. The van der Waals surface area contributed by atoms with Crippen molar-refractivity contribution in [2.24, 2.45) is 11.3 Å². The third-order valence-corrected chi connectivity index (χ3v) is 3.97. The normalized spacial score (nSPS) is 38.5. The average Bonchev–Trinajstić information content (AvgIpc) is 2.74. The Balaban J connectivity index is 2.47. The van der Waals surface area contributed by atoms with Gasteiger partial charge in [0.15, 0.2) is 5.41 Å². The zero-order valence-corrected chi connectivity index (χ0v) is 10.4. The van der Waals surface area contributed by atoms with Crippen molar-refractivity contribution in [1.82, 2.24) is 0 Å². The van der Waals surface area contributed by atoms with Crippen LogP contribution in [-0.2, 0) is 23.8 Å². The van der Waals surface area contributed by atoms with Crippen LogP contribution in [0.5, 0.6) is 0 Å². The lowest BCUT2D eigenvalue weighted by atomic mass is 9.63. The van der Waals surface area contributed by atoms with Gasteiger partial charge in [-0.2, -0.15) is 5.26 Å². The van der Waals surface area contributed by atoms with Gasteiger partial charge in [-0.1, -0.05) is 0 Å². The van der Waals surface area contributed by atoms with Crippen LogP contribution in [0.3, 0.4) is 0 Å². The summed E-state index contributed by atoms with van der Waals surface area (Å²) >= 11 is 0. The second-order valence-corrected chi connectivity index (χ2v) is 4.68. The molecule has 0 aromatic rings. The van der Waals surface area contributed by atoms with Crippen molar-refractivity contribution in [3.8, 4) is 6.07 Å². The van der Waals surface area contributed by atoms with E-state index in [0.29, 0.717) is 19.3 Å². The second-order valence-electron chi connectivity index (χ2n) is 4.68. The zero-order chi connectivity index (χ0) is 13.4. The first-order chi connectivity index (χ1) is 8.54. The van der Waals surface area contributed by atoms with Gasteiger partial charge in [0.25, 0.3) is 0 Å². The van der Waals surface area contributed by atoms with E-state index in [0.717, 1.165) is 0 Å². The molecule has 1 unspecified atom stereocenters. The molecule has 1 aliphatic carbocycles. The van der Waals surface area contributed by atoms with Crippen LogP contribution in [0.4, 0.5) is 0 Å². The topological polar surface area (TPSA) is 85.6 Å². The summed E-state index contributed by atoms with van der Waals surface area (Å²) in [5.74, 6) is -2.81. The highest BCUT2D eigenvalue weighted by atomic mass is 16.7. The Labute approximate surface area is 105 Å². The fourth-order valence-corrected chi connectivity index (χ4v) is 3.08. The monoisotopic (exact) mass is 253 g/mol. The van der Waals surface area contributed by atoms with E-state index in [2.05, 4.69) is 0 Å². The quantitative estimate of drug-likeness (QED) is 0.675. The molecule has 0 radical (unpaired) electrons. The van der Waals surface area contributed by atoms with Crippen LogP contribution in [0.25, 0.3) is 0 Å². The van der Waals surface area contributed by atoms with Crippen LogP contribution in [-0.4, -0.2) is 31.9 Å². The summed E-state index contributed by atoms with van der Waals surface area (Å²) in [6.07, 6.45) is 1.44. The Morgan fingerprint density at radius 1 is 1.50 bits per heavy atom. The number of nitrogens with zero attached hydrogens (tertiary/aromatic N) is 1. The van der Waals surface area contributed by atoms with E-state index in [4.69, 9.17) is 14.2 Å². The van der Waals surface area contributed by atoms with Crippen molar-refractivity contribution >= 4 is 11.9 Å². The van der Waals surface area contributed by atoms with Crippen LogP contribution >= 0.6 is 0 Å². The average molecular weight is 253 g/mol. The summed E-state index contributed by atoms with van der Waals surface area (Å²) in [5.41, 5.74) is -1.35. The summed E-state index contributed by atoms with van der Waals surface area (Å²) in [5, 5.41) is 9.41. The molecule has 1 heterocycles. The smallest absolute Gasteiger partial charge is 0.326 e. The molecule has 0 spiro atoms. The van der Waals surface area contributed by atoms with E-state index < -0.39 is 29.1 Å². The minimum absolute atomic E-state index is 0.0104. The Kier molecular flexibility index (Phi) is 3.03. The SMILES string of the molecule is COC(=O)C1(C#N)CCC[C@]2(OC)OC(=O)C[C@H]12. The summed E-state index contributed by atoms with van der Waals surface area (Å²) < 4.78 is 15.3. The summed E-state index contributed by atoms with van der Waals surface area (Å²) in [7, 11) is 2.67. The van der Waals surface area contributed by atoms with Crippen molar-refractivity contribution in [2.75, 3.05) is 14.2 Å². The van der Waals surface area contributed by atoms with Crippen molar-refractivity contribution < 1.29 is 23.8 Å². The van der Waals surface area contributed by atoms with Gasteiger partial charge in [-0.05, 0) is 12.8 Å². The number of ether oxygens (including phenoxy) is 3. The molecule has 18 heavy (non-hydrogen) atoms. The lowest BCUT2D eigenvalue weighted by Crippen LogP contribution is -2.53. The highest BCUT2D eigenvalue weighted by molar-refractivity contribution is 5.83. The number of hydrogen-bond acceptors (Lipinski definition) is 6. The maximum Gasteiger partial charge on any atom is 0.326 e. The van der Waals surface area contributed by atoms with E-state index in [9.17, 15) is 14.9 Å². The molecule has 0 aromatic heterocycles. The van der Waals surface area contributed by atoms with Gasteiger partial charge in [-0.3, -0.25) is 9.59 Å². The lowest BCUT2D eigenvalue weighted by molar-refractivity contribution is -0.244. The molecule has 2 fully saturated rings. The van der Waals surface area contributed by atoms with Gasteiger partial charge < -0.3 is 14.2 Å². The summed E-state index contributed by atoms with van der Waals surface area (Å²) in [6, 6.07) is 2.03. The van der Waals surface area contributed by atoms with E-state index in [1.54, 1.807) is 0 Å². The zero-order valence-electron chi connectivity index (χ0n) is 10.4. The van der Waals surface area contributed by atoms with E-state index in [-0.39, 0.29) is 6.42 Å². The second kappa shape index (κ2) is 4.25. The van der Waals surface area contributed by atoms with Crippen LogP contribution < -0.4 is 0 Å². The van der Waals surface area contributed by atoms with Gasteiger partial charge in [0.05, 0.1) is 25.5 Å². The number of fused-ring (bicyclic) bond motifs is 1. The first-order valence-electron chi connectivity index (χ1n) is 5.81. The third-order valence-electron chi connectivity index (χ3n) is 3.97. The predicted octanol–water partition coefficient (Wildman–Crippen LogP) is 0.759. The fraction of sp³-hybridized carbons (Fsp3) is 0.750. The van der Waals surface area contributed by atoms with Gasteiger partial charge in [0, 0.05) is 13.5 Å². The highest BCUT2D eigenvalue weighted by Crippen LogP contribution is 2.54. The molecule has 98 valence electrons. The molecule has 1 aliphatic heterocycles. The van der Waals surface area contributed by atoms with Crippen molar-refractivity contribution in [2.45, 2.75) is 31.5 Å². The van der Waals surface area contributed by atoms with Crippen LogP contribution in [0.15, 0.2) is 0 Å². The number of rotatable bonds is 2. The van der Waals surface area contributed by atoms with E-state index in [1.165, 1.54) is 14.2 Å². The van der Waals surface area contributed by atoms with Crippen molar-refractivity contribution in [1.29, 1.82) is 5.26 Å². The molecular formula is C12H15NO5. The Morgan fingerprint density at radius 2 is 2.22 bits per heavy atom. The molecular weight excluding hydrogens is 238 g/mol. The van der Waals surface area contributed by atoms with E-state index in [1.807, 2.05) is 6.07 Å². The van der Waals surface area contributed by atoms with E-state index >= 15 is 0 Å². The molecule has 2 aliphatic rings.